The number of hydrogen-bond donors (Lipinski definition) is 3. The molecule has 182 valence electrons. The highest BCUT2D eigenvalue weighted by Crippen LogP contribution is 2.61. The molecule has 0 aromatic carbocycles. The number of nitrogens with one attached hydrogen (secondary N) is 2. The molecule has 3 atom stereocenters. The molecule has 1 saturated heterocycles. The van der Waals surface area contributed by atoms with Crippen molar-refractivity contribution in [3.05, 3.63) is 0 Å². The normalized spacial score (nSPS) is 21.8. The van der Waals surface area contributed by atoms with Gasteiger partial charge in [0.15, 0.2) is 0 Å². The molecule has 0 bridgehead atoms. The van der Waals surface area contributed by atoms with Crippen molar-refractivity contribution in [2.24, 2.45) is 29.1 Å². The van der Waals surface area contributed by atoms with E-state index in [0.717, 1.165) is 5.92 Å². The Morgan fingerprint density at radius 1 is 1.13 bits per heavy atom. The van der Waals surface area contributed by atoms with Gasteiger partial charge in [0.1, 0.15) is 0 Å². The van der Waals surface area contributed by atoms with Crippen LogP contribution in [0.25, 0.3) is 0 Å². The molecule has 10 heteroatoms. The third kappa shape index (κ3) is 9.88. The molecule has 7 nitrogen and oxygen atoms in total. The van der Waals surface area contributed by atoms with E-state index in [4.69, 9.17) is 5.11 Å². The molecule has 3 amide bonds. The van der Waals surface area contributed by atoms with Crippen molar-refractivity contribution in [3.63, 3.8) is 0 Å². The molecule has 2 rings (SSSR count). The number of likely N-dealkylation sites (tertiary alicyclic amines) is 1. The number of amides is 3. The lowest BCUT2D eigenvalue weighted by atomic mass is 10.1. The van der Waals surface area contributed by atoms with E-state index in [9.17, 15) is 27.6 Å². The van der Waals surface area contributed by atoms with Crippen LogP contribution in [0.5, 0.6) is 0 Å². The van der Waals surface area contributed by atoms with Crippen molar-refractivity contribution in [1.82, 2.24) is 15.5 Å². The molecule has 1 aliphatic carbocycles. The Labute approximate surface area is 183 Å². The van der Waals surface area contributed by atoms with Gasteiger partial charge in [0.05, 0.1) is 19.2 Å². The predicted molar refractivity (Wildman–Crippen MR) is 112 cm³/mol. The second kappa shape index (κ2) is 12.3. The van der Waals surface area contributed by atoms with Crippen molar-refractivity contribution < 1.29 is 32.7 Å². The second-order valence-electron chi connectivity index (χ2n) is 9.56. The van der Waals surface area contributed by atoms with Crippen LogP contribution in [-0.4, -0.2) is 66.7 Å². The summed E-state index contributed by atoms with van der Waals surface area (Å²) in [7, 11) is 0. The number of piperidine rings is 1. The third-order valence-electron chi connectivity index (χ3n) is 5.42. The van der Waals surface area contributed by atoms with Crippen LogP contribution in [0, 0.1) is 29.1 Å². The van der Waals surface area contributed by atoms with E-state index in [1.54, 1.807) is 5.32 Å². The van der Waals surface area contributed by atoms with Gasteiger partial charge in [-0.15, -0.1) is 0 Å². The molecule has 2 fully saturated rings. The van der Waals surface area contributed by atoms with Crippen LogP contribution in [0.3, 0.4) is 0 Å². The Hall–Kier alpha value is -1.84. The first-order valence-electron chi connectivity index (χ1n) is 10.5. The lowest BCUT2D eigenvalue weighted by molar-refractivity contribution is -0.174. The van der Waals surface area contributed by atoms with E-state index >= 15 is 0 Å². The number of rotatable bonds is 6. The molecule has 3 N–H and O–H groups in total. The number of alkyl halides is 3. The molecule has 0 aromatic rings. The highest BCUT2D eigenvalue weighted by Gasteiger charge is 2.62. The van der Waals surface area contributed by atoms with Crippen LogP contribution in [0.2, 0.25) is 0 Å². The highest BCUT2D eigenvalue weighted by atomic mass is 19.4. The zero-order chi connectivity index (χ0) is 24.6. The van der Waals surface area contributed by atoms with Gasteiger partial charge in [-0.05, 0) is 29.1 Å². The third-order valence-corrected chi connectivity index (χ3v) is 5.42. The molecule has 3 unspecified atom stereocenters. The molecule has 31 heavy (non-hydrogen) atoms. The van der Waals surface area contributed by atoms with Gasteiger partial charge in [-0.1, -0.05) is 48.5 Å². The molecule has 0 aromatic heterocycles. The van der Waals surface area contributed by atoms with Gasteiger partial charge in [0.2, 0.25) is 12.3 Å². The number of aliphatic hydroxyl groups is 1. The molecule has 1 aliphatic heterocycles. The average molecular weight is 454 g/mol. The van der Waals surface area contributed by atoms with Crippen molar-refractivity contribution in [3.8, 4) is 0 Å². The molecule has 1 heterocycles. The van der Waals surface area contributed by atoms with E-state index in [-0.39, 0.29) is 18.1 Å². The van der Waals surface area contributed by atoms with E-state index in [1.807, 2.05) is 13.8 Å². The first kappa shape index (κ1) is 29.2. The lowest BCUT2D eigenvalue weighted by Crippen LogP contribution is -2.44. The topological polar surface area (TPSA) is 98.7 Å². The Balaban J connectivity index is 0.000000581. The van der Waals surface area contributed by atoms with Gasteiger partial charge in [-0.25, -0.2) is 0 Å². The van der Waals surface area contributed by atoms with Gasteiger partial charge < -0.3 is 20.6 Å². The zero-order valence-corrected chi connectivity index (χ0v) is 19.5. The van der Waals surface area contributed by atoms with Crippen molar-refractivity contribution in [1.29, 1.82) is 0 Å². The molecule has 0 spiro atoms. The van der Waals surface area contributed by atoms with Crippen LogP contribution in [0.1, 0.15) is 48.5 Å². The number of carbonyl (C=O) groups excluding carboxylic acids is 3. The Morgan fingerprint density at radius 3 is 1.87 bits per heavy atom. The summed E-state index contributed by atoms with van der Waals surface area (Å²) >= 11 is 0. The Bertz CT molecular complexity index is 578. The van der Waals surface area contributed by atoms with Crippen LogP contribution < -0.4 is 10.6 Å². The first-order chi connectivity index (χ1) is 14.1. The summed E-state index contributed by atoms with van der Waals surface area (Å²) in [6.07, 6.45) is -4.32. The number of nitrogens with zero attached hydrogens (tertiary/aromatic N) is 1. The quantitative estimate of drug-likeness (QED) is 0.537. The van der Waals surface area contributed by atoms with Gasteiger partial charge in [-0.2, -0.15) is 13.2 Å². The molecular formula is C21H38F3N3O4. The fourth-order valence-corrected chi connectivity index (χ4v) is 3.25. The standard InChI is InChI=1S/C11H15F3N2O2.C6H13NO2.C4H10/c1-10(2)6-4-16(5-7(6)10)8(17)3-15-9(18)11(12,13)14;1-5(2)6(3-8)7-4-9;1-4(2)3/h6-7H,3-5H2,1-2H3,(H,15,18);4-6,8H,3H2,1-2H3,(H,7,9);4H,1-3H3. The summed E-state index contributed by atoms with van der Waals surface area (Å²) in [6, 6.07) is -0.0949. The van der Waals surface area contributed by atoms with Crippen molar-refractivity contribution >= 4 is 18.2 Å². The molecule has 1 saturated carbocycles. The summed E-state index contributed by atoms with van der Waals surface area (Å²) in [4.78, 5) is 33.5. The zero-order valence-electron chi connectivity index (χ0n) is 19.5. The van der Waals surface area contributed by atoms with Crippen LogP contribution >= 0.6 is 0 Å². The maximum atomic E-state index is 11.9. The van der Waals surface area contributed by atoms with Crippen molar-refractivity contribution in [2.75, 3.05) is 26.2 Å². The minimum atomic E-state index is -4.94. The second-order valence-corrected chi connectivity index (χ2v) is 9.56. The SMILES string of the molecule is CC(C)C.CC(C)C(CO)NC=O.CC1(C)C2CN(C(=O)CNC(=O)C(F)(F)F)CC21. The predicted octanol–water partition coefficient (Wildman–Crippen LogP) is 2.19. The maximum absolute atomic E-state index is 11.9. The summed E-state index contributed by atoms with van der Waals surface area (Å²) < 4.78 is 35.7. The largest absolute Gasteiger partial charge is 0.471 e. The van der Waals surface area contributed by atoms with E-state index in [0.29, 0.717) is 37.3 Å². The lowest BCUT2D eigenvalue weighted by Gasteiger charge is -2.22. The smallest absolute Gasteiger partial charge is 0.394 e. The molecule has 2 aliphatic rings. The highest BCUT2D eigenvalue weighted by molar-refractivity contribution is 5.87. The monoisotopic (exact) mass is 453 g/mol. The van der Waals surface area contributed by atoms with Gasteiger partial charge >= 0.3 is 12.1 Å². The fraction of sp³-hybridized carbons (Fsp3) is 0.857. The minimum Gasteiger partial charge on any atom is -0.394 e. The number of fused-ring (bicyclic) bond motifs is 1. The Morgan fingerprint density at radius 2 is 1.58 bits per heavy atom. The summed E-state index contributed by atoms with van der Waals surface area (Å²) in [5, 5.41) is 12.7. The first-order valence-corrected chi connectivity index (χ1v) is 10.5. The van der Waals surface area contributed by atoms with Gasteiger partial charge in [-0.3, -0.25) is 14.4 Å². The van der Waals surface area contributed by atoms with Crippen LogP contribution in [0.15, 0.2) is 0 Å². The van der Waals surface area contributed by atoms with E-state index in [2.05, 4.69) is 39.9 Å². The fourth-order valence-electron chi connectivity index (χ4n) is 3.25. The molecule has 0 radical (unpaired) electrons. The van der Waals surface area contributed by atoms with Crippen molar-refractivity contribution in [2.45, 2.75) is 60.7 Å². The number of aliphatic hydroxyl groups excluding tert-OH is 1. The number of halogens is 3. The molecular weight excluding hydrogens is 415 g/mol. The van der Waals surface area contributed by atoms with Gasteiger partial charge in [0.25, 0.3) is 0 Å². The maximum Gasteiger partial charge on any atom is 0.471 e. The van der Waals surface area contributed by atoms with Crippen LogP contribution in [-0.2, 0) is 14.4 Å². The average Bonchev–Trinajstić information content (AvgIpc) is 2.99. The van der Waals surface area contributed by atoms with Crippen LogP contribution in [0.4, 0.5) is 13.2 Å². The summed E-state index contributed by atoms with van der Waals surface area (Å²) in [5.41, 5.74) is 0.242. The Kier molecular flexibility index (Phi) is 11.5. The number of carbonyl (C=O) groups is 3. The van der Waals surface area contributed by atoms with E-state index in [1.165, 1.54) is 4.90 Å². The van der Waals surface area contributed by atoms with Gasteiger partial charge in [0, 0.05) is 13.1 Å². The number of hydrogen-bond acceptors (Lipinski definition) is 4. The minimum absolute atomic E-state index is 0.0103. The summed E-state index contributed by atoms with van der Waals surface area (Å²) in [5.74, 6) is -0.504. The summed E-state index contributed by atoms with van der Waals surface area (Å²) in [6.45, 7) is 15.2. The van der Waals surface area contributed by atoms with E-state index < -0.39 is 24.5 Å².